The first-order valence-electron chi connectivity index (χ1n) is 7.68. The Bertz CT molecular complexity index is 695. The van der Waals surface area contributed by atoms with Crippen molar-refractivity contribution in [1.29, 1.82) is 0 Å². The first kappa shape index (κ1) is 15.8. The molecule has 5 nitrogen and oxygen atoms in total. The van der Waals surface area contributed by atoms with Gasteiger partial charge in [-0.3, -0.25) is 4.79 Å². The Morgan fingerprint density at radius 3 is 2.83 bits per heavy atom. The summed E-state index contributed by atoms with van der Waals surface area (Å²) in [7, 11) is 3.20. The van der Waals surface area contributed by atoms with Crippen LogP contribution in [0, 0.1) is 5.92 Å². The first-order valence-corrected chi connectivity index (χ1v) is 8.56. The summed E-state index contributed by atoms with van der Waals surface area (Å²) in [6.07, 6.45) is 3.70. The minimum Gasteiger partial charge on any atom is -0.493 e. The Morgan fingerprint density at radius 1 is 1.35 bits per heavy atom. The number of hydrogen-bond acceptors (Lipinski definition) is 5. The van der Waals surface area contributed by atoms with Crippen LogP contribution in [0.5, 0.6) is 11.5 Å². The van der Waals surface area contributed by atoms with E-state index in [0.717, 1.165) is 17.1 Å². The van der Waals surface area contributed by atoms with Crippen LogP contribution in [0.2, 0.25) is 0 Å². The van der Waals surface area contributed by atoms with Gasteiger partial charge in [0.1, 0.15) is 10.7 Å². The molecule has 0 radical (unpaired) electrons. The lowest BCUT2D eigenvalue weighted by atomic mass is 9.85. The Morgan fingerprint density at radius 2 is 2.17 bits per heavy atom. The quantitative estimate of drug-likeness (QED) is 0.881. The zero-order chi connectivity index (χ0) is 16.2. The molecule has 1 saturated carbocycles. The molecule has 0 spiro atoms. The molecular formula is C17H20N2O3S. The summed E-state index contributed by atoms with van der Waals surface area (Å²) in [6, 6.07) is 5.63. The standard InChI is InChI=1S/C17H20N2O3S/c1-21-14-8-4-7-12(15(14)22-2)17-19-13(10-23-17)16(20)18-9-11-5-3-6-11/h4,7-8,10-11H,3,5-6,9H2,1-2H3,(H,18,20). The van der Waals surface area contributed by atoms with Gasteiger partial charge in [-0.1, -0.05) is 12.5 Å². The molecule has 1 aliphatic rings. The van der Waals surface area contributed by atoms with E-state index >= 15 is 0 Å². The molecular weight excluding hydrogens is 312 g/mol. The molecule has 0 atom stereocenters. The number of rotatable bonds is 6. The first-order chi connectivity index (χ1) is 11.2. The van der Waals surface area contributed by atoms with Gasteiger partial charge in [-0.25, -0.2) is 4.98 Å². The second-order valence-electron chi connectivity index (χ2n) is 5.59. The van der Waals surface area contributed by atoms with Crippen LogP contribution in [0.3, 0.4) is 0 Å². The van der Waals surface area contributed by atoms with Crippen molar-refractivity contribution < 1.29 is 14.3 Å². The maximum Gasteiger partial charge on any atom is 0.270 e. The van der Waals surface area contributed by atoms with E-state index in [1.807, 2.05) is 18.2 Å². The number of hydrogen-bond donors (Lipinski definition) is 1. The number of amides is 1. The van der Waals surface area contributed by atoms with Crippen molar-refractivity contribution in [2.24, 2.45) is 5.92 Å². The van der Waals surface area contributed by atoms with E-state index in [9.17, 15) is 4.79 Å². The molecule has 1 heterocycles. The van der Waals surface area contributed by atoms with Gasteiger partial charge in [-0.05, 0) is 30.9 Å². The van der Waals surface area contributed by atoms with Gasteiger partial charge in [-0.15, -0.1) is 11.3 Å². The molecule has 6 heteroatoms. The molecule has 1 aromatic heterocycles. The number of benzene rings is 1. The highest BCUT2D eigenvalue weighted by Gasteiger charge is 2.20. The zero-order valence-electron chi connectivity index (χ0n) is 13.3. The minimum atomic E-state index is -0.110. The summed E-state index contributed by atoms with van der Waals surface area (Å²) < 4.78 is 10.7. The number of carbonyl (C=O) groups is 1. The SMILES string of the molecule is COc1cccc(-c2nc(C(=O)NCC3CCC3)cs2)c1OC. The summed E-state index contributed by atoms with van der Waals surface area (Å²) in [6.45, 7) is 0.744. The summed E-state index contributed by atoms with van der Waals surface area (Å²) >= 11 is 1.43. The maximum atomic E-state index is 12.2. The van der Waals surface area contributed by atoms with Crippen molar-refractivity contribution >= 4 is 17.2 Å². The Hall–Kier alpha value is -2.08. The maximum absolute atomic E-state index is 12.2. The smallest absolute Gasteiger partial charge is 0.270 e. The molecule has 1 aromatic carbocycles. The predicted octanol–water partition coefficient (Wildman–Crippen LogP) is 3.36. The number of ether oxygens (including phenoxy) is 2. The van der Waals surface area contributed by atoms with Gasteiger partial charge in [0, 0.05) is 11.9 Å². The van der Waals surface area contributed by atoms with Crippen LogP contribution in [0.25, 0.3) is 10.6 Å². The van der Waals surface area contributed by atoms with E-state index in [-0.39, 0.29) is 5.91 Å². The summed E-state index contributed by atoms with van der Waals surface area (Å²) in [5.41, 5.74) is 1.28. The number of thiazole rings is 1. The van der Waals surface area contributed by atoms with Crippen LogP contribution < -0.4 is 14.8 Å². The molecule has 23 heavy (non-hydrogen) atoms. The molecule has 0 aliphatic heterocycles. The fraction of sp³-hybridized carbons (Fsp3) is 0.412. The van der Waals surface area contributed by atoms with Crippen LogP contribution in [-0.4, -0.2) is 31.7 Å². The van der Waals surface area contributed by atoms with Crippen molar-refractivity contribution in [2.45, 2.75) is 19.3 Å². The van der Waals surface area contributed by atoms with Crippen molar-refractivity contribution in [2.75, 3.05) is 20.8 Å². The lowest BCUT2D eigenvalue weighted by molar-refractivity contribution is 0.0935. The Balaban J connectivity index is 1.77. The Labute approximate surface area is 139 Å². The second-order valence-corrected chi connectivity index (χ2v) is 6.44. The van der Waals surface area contributed by atoms with E-state index in [0.29, 0.717) is 23.1 Å². The molecule has 0 saturated heterocycles. The average Bonchev–Trinajstić information content (AvgIpc) is 3.02. The Kier molecular flexibility index (Phi) is 4.81. The third-order valence-electron chi connectivity index (χ3n) is 4.15. The highest BCUT2D eigenvalue weighted by molar-refractivity contribution is 7.13. The summed E-state index contributed by atoms with van der Waals surface area (Å²) in [4.78, 5) is 16.6. The number of para-hydroxylation sites is 1. The van der Waals surface area contributed by atoms with E-state index in [1.54, 1.807) is 19.6 Å². The van der Waals surface area contributed by atoms with Gasteiger partial charge in [0.05, 0.1) is 19.8 Å². The summed E-state index contributed by atoms with van der Waals surface area (Å²) in [5, 5.41) is 5.49. The minimum absolute atomic E-state index is 0.110. The third kappa shape index (κ3) is 3.32. The molecule has 1 N–H and O–H groups in total. The van der Waals surface area contributed by atoms with E-state index in [1.165, 1.54) is 30.6 Å². The molecule has 2 aromatic rings. The number of nitrogens with one attached hydrogen (secondary N) is 1. The summed E-state index contributed by atoms with van der Waals surface area (Å²) in [5.74, 6) is 1.80. The van der Waals surface area contributed by atoms with Crippen molar-refractivity contribution in [3.05, 3.63) is 29.3 Å². The highest BCUT2D eigenvalue weighted by Crippen LogP contribution is 2.38. The molecule has 3 rings (SSSR count). The van der Waals surface area contributed by atoms with Gasteiger partial charge < -0.3 is 14.8 Å². The second kappa shape index (κ2) is 7.00. The van der Waals surface area contributed by atoms with Gasteiger partial charge in [-0.2, -0.15) is 0 Å². The average molecular weight is 332 g/mol. The number of aromatic nitrogens is 1. The van der Waals surface area contributed by atoms with Gasteiger partial charge >= 0.3 is 0 Å². The van der Waals surface area contributed by atoms with Gasteiger partial charge in [0.15, 0.2) is 11.5 Å². The van der Waals surface area contributed by atoms with Crippen LogP contribution in [-0.2, 0) is 0 Å². The third-order valence-corrected chi connectivity index (χ3v) is 5.02. The van der Waals surface area contributed by atoms with Crippen LogP contribution in [0.1, 0.15) is 29.8 Å². The van der Waals surface area contributed by atoms with Crippen molar-refractivity contribution in [1.82, 2.24) is 10.3 Å². The zero-order valence-corrected chi connectivity index (χ0v) is 14.1. The van der Waals surface area contributed by atoms with Gasteiger partial charge in [0.25, 0.3) is 5.91 Å². The molecule has 0 unspecified atom stereocenters. The fourth-order valence-electron chi connectivity index (χ4n) is 2.58. The van der Waals surface area contributed by atoms with Crippen LogP contribution in [0.15, 0.2) is 23.6 Å². The largest absolute Gasteiger partial charge is 0.493 e. The van der Waals surface area contributed by atoms with E-state index in [4.69, 9.17) is 9.47 Å². The van der Waals surface area contributed by atoms with Gasteiger partial charge in [0.2, 0.25) is 0 Å². The van der Waals surface area contributed by atoms with Crippen LogP contribution >= 0.6 is 11.3 Å². The molecule has 0 bridgehead atoms. The van der Waals surface area contributed by atoms with Crippen molar-refractivity contribution in [3.63, 3.8) is 0 Å². The molecule has 1 aliphatic carbocycles. The lowest BCUT2D eigenvalue weighted by Gasteiger charge is -2.25. The molecule has 122 valence electrons. The van der Waals surface area contributed by atoms with Crippen molar-refractivity contribution in [3.8, 4) is 22.1 Å². The predicted molar refractivity (Wildman–Crippen MR) is 90.3 cm³/mol. The topological polar surface area (TPSA) is 60.5 Å². The fourth-order valence-corrected chi connectivity index (χ4v) is 3.40. The van der Waals surface area contributed by atoms with E-state index in [2.05, 4.69) is 10.3 Å². The monoisotopic (exact) mass is 332 g/mol. The van der Waals surface area contributed by atoms with Crippen LogP contribution in [0.4, 0.5) is 0 Å². The highest BCUT2D eigenvalue weighted by atomic mass is 32.1. The molecule has 1 fully saturated rings. The number of methoxy groups -OCH3 is 2. The molecule has 1 amide bonds. The lowest BCUT2D eigenvalue weighted by Crippen LogP contribution is -2.32. The number of nitrogens with zero attached hydrogens (tertiary/aromatic N) is 1. The normalized spacial score (nSPS) is 14.2. The van der Waals surface area contributed by atoms with E-state index < -0.39 is 0 Å². The number of carbonyl (C=O) groups excluding carboxylic acids is 1.